The Kier molecular flexibility index (Phi) is 33.3. The summed E-state index contributed by atoms with van der Waals surface area (Å²) in [6.45, 7) is 70.8. The zero-order valence-corrected chi connectivity index (χ0v) is 95.1. The number of methoxy groups -OCH3 is 1. The molecule has 0 saturated heterocycles. The number of carbonyl (C=O) groups excluding carboxylic acids is 3. The lowest BCUT2D eigenvalue weighted by molar-refractivity contribution is -0.139. The zero-order chi connectivity index (χ0) is 106. The van der Waals surface area contributed by atoms with Crippen LogP contribution in [0.1, 0.15) is 407 Å². The summed E-state index contributed by atoms with van der Waals surface area (Å²) in [7, 11) is -6.18. The summed E-state index contributed by atoms with van der Waals surface area (Å²) in [5.41, 5.74) is 31.3. The summed E-state index contributed by atoms with van der Waals surface area (Å²) in [4.78, 5) is 36.7. The number of halogens is 1. The number of carbonyl (C=O) groups is 3. The van der Waals surface area contributed by atoms with Gasteiger partial charge in [0.1, 0.15) is 17.4 Å². The van der Waals surface area contributed by atoms with Gasteiger partial charge in [-0.1, -0.05) is 288 Å². The van der Waals surface area contributed by atoms with E-state index in [4.69, 9.17) is 0 Å². The van der Waals surface area contributed by atoms with Gasteiger partial charge < -0.3 is 20.7 Å². The molecular weight excluding hydrogens is 1820 g/mol. The largest absolute Gasteiger partial charge is 0.469 e. The van der Waals surface area contributed by atoms with Crippen molar-refractivity contribution in [2.45, 2.75) is 424 Å². The number of nitrogens with one attached hydrogen (secondary N) is 5. The monoisotopic (exact) mass is 1990 g/mol. The number of aryl methyl sites for hydroxylation is 4. The van der Waals surface area contributed by atoms with E-state index in [1.54, 1.807) is 78.6 Å². The lowest BCUT2D eigenvalue weighted by Crippen LogP contribution is -2.34. The maximum atomic E-state index is 14.2. The summed E-state index contributed by atoms with van der Waals surface area (Å²) in [6.07, 6.45) is 17.1. The standard InChI is InChI=1S/C28H39NO3S.C27H37NO3S.C26H35N.C24H30FNO2.C23H31N/c1-9-28(10-2,20(4)30)21-11-13-22(14-12-21)29-33(31,32)25-18-24-23(17-19(25)3)26(5,6)15-16-27(24,7)8;1-8-27(9-2,19(3)29)20-10-12-21(13-11-20)28-32(30,31)22-14-15-23-24(18-22)26(6,7)17-16-25(23,4)5;1-18-15-22-23(25(4,5)12-11-24(22,2)3)16-19(18)17-27-21-9-7-20(8-10-21)26(6)13-14-26;1-23(2)10-11-24(3,4)20-12-16(6-9-19(20)23)15-26-18-8-7-17(21(25)14-18)13-22(27)28-5;1-16-7-9-19(10-8-16)24-15-18-14-21-20(13-17(18)2)22(3,4)11-12-23(21,5)6/h11-14,17-18,29H,9-10,15-16H2,1-8H3;10-15,18,28H,8-9,16-17H2,1-7H3;7-10,15-16,27H,11-14,17H2,1-6H3;6-9,12,14,26H,10-11,13,15H2,1-5H3;7-10,13-14,24H,11-12,15H2,1-6H3. The third-order valence-corrected chi connectivity index (χ3v) is 37.9. The fraction of sp³-hybridized carbons (Fsp3) is 0.508. The third kappa shape index (κ3) is 24.8. The maximum absolute atomic E-state index is 14.2. The van der Waals surface area contributed by atoms with Crippen LogP contribution in [0.2, 0.25) is 0 Å². The van der Waals surface area contributed by atoms with Crippen molar-refractivity contribution in [3.8, 4) is 0 Å². The van der Waals surface area contributed by atoms with Gasteiger partial charge in [-0.2, -0.15) is 0 Å². The van der Waals surface area contributed by atoms with E-state index in [1.165, 1.54) is 137 Å². The summed E-state index contributed by atoms with van der Waals surface area (Å²) in [5, 5.41) is 10.5. The summed E-state index contributed by atoms with van der Waals surface area (Å²) >= 11 is 0. The second-order valence-electron chi connectivity index (χ2n) is 49.9. The van der Waals surface area contributed by atoms with E-state index in [-0.39, 0.29) is 71.6 Å². The third-order valence-electron chi connectivity index (χ3n) is 35.0. The van der Waals surface area contributed by atoms with Gasteiger partial charge in [-0.05, 0) is 394 Å². The van der Waals surface area contributed by atoms with Crippen LogP contribution in [0, 0.1) is 33.5 Å². The average molecular weight is 1990 g/mol. The van der Waals surface area contributed by atoms with Crippen molar-refractivity contribution in [2.24, 2.45) is 0 Å². The molecule has 16 heteroatoms. The van der Waals surface area contributed by atoms with Crippen LogP contribution in [0.15, 0.2) is 198 Å². The van der Waals surface area contributed by atoms with E-state index in [0.717, 1.165) is 66.6 Å². The molecule has 6 aliphatic carbocycles. The van der Waals surface area contributed by atoms with Crippen molar-refractivity contribution >= 4 is 66.0 Å². The van der Waals surface area contributed by atoms with Crippen LogP contribution in [0.4, 0.5) is 32.8 Å². The summed E-state index contributed by atoms with van der Waals surface area (Å²) in [5.74, 6) is -0.575. The Morgan fingerprint density at radius 3 is 1.01 bits per heavy atom. The molecule has 0 amide bonds. The first-order valence-electron chi connectivity index (χ1n) is 53.2. The fourth-order valence-corrected chi connectivity index (χ4v) is 25.4. The molecule has 0 radical (unpaired) electrons. The van der Waals surface area contributed by atoms with Gasteiger partial charge >= 0.3 is 5.97 Å². The number of hydrogen-bond acceptors (Lipinski definition) is 11. The predicted molar refractivity (Wildman–Crippen MR) is 602 cm³/mol. The van der Waals surface area contributed by atoms with Gasteiger partial charge in [0.2, 0.25) is 0 Å². The number of ketones is 2. The van der Waals surface area contributed by atoms with Gasteiger partial charge in [-0.15, -0.1) is 0 Å². The van der Waals surface area contributed by atoms with Gasteiger partial charge in [-0.25, -0.2) is 21.2 Å². The molecule has 0 aliphatic heterocycles. The van der Waals surface area contributed by atoms with Crippen molar-refractivity contribution in [1.82, 2.24) is 0 Å². The van der Waals surface area contributed by atoms with Crippen LogP contribution in [-0.4, -0.2) is 41.5 Å². The van der Waals surface area contributed by atoms with E-state index in [9.17, 15) is 35.6 Å². The summed E-state index contributed by atoms with van der Waals surface area (Å²) in [6, 6.07) is 63.2. The van der Waals surface area contributed by atoms with E-state index >= 15 is 0 Å². The number of esters is 1. The Bertz CT molecular complexity index is 6580. The van der Waals surface area contributed by atoms with Crippen LogP contribution < -0.4 is 25.4 Å². The number of sulfonamides is 2. The molecule has 0 spiro atoms. The molecule has 10 aromatic carbocycles. The molecular formula is C128H172FN5O8S2. The molecule has 5 N–H and O–H groups in total. The van der Waals surface area contributed by atoms with E-state index in [0.29, 0.717) is 70.6 Å². The molecule has 0 bridgehead atoms. The van der Waals surface area contributed by atoms with Crippen LogP contribution in [0.3, 0.4) is 0 Å². The van der Waals surface area contributed by atoms with Gasteiger partial charge in [0.25, 0.3) is 20.0 Å². The van der Waals surface area contributed by atoms with Gasteiger partial charge in [0, 0.05) is 48.1 Å². The molecule has 144 heavy (non-hydrogen) atoms. The Morgan fingerprint density at radius 2 is 0.646 bits per heavy atom. The SMILES string of the molecule is CCC(CC)(C(C)=O)c1ccc(NS(=O)(=O)c2cc3c(cc2C)C(C)(C)CCC3(C)C)cc1.CCC(CC)(C(C)=O)c1ccc(NS(=O)(=O)c2ccc3c(c2)C(C)(C)CCC3(C)C)cc1.COC(=O)Cc1ccc(NCc2ccc3c(c2)C(C)(C)CCC3(C)C)cc1F.Cc1cc2c(cc1CNc1ccc(C3(C)CC3)cc1)C(C)(C)CCC2(C)C.Cc1ccc(NCc2cc3c(cc2C)C(C)(C)CCC3(C)C)cc1. The normalized spacial score (nSPS) is 18.2. The Morgan fingerprint density at radius 1 is 0.326 bits per heavy atom. The maximum Gasteiger partial charge on any atom is 0.310 e. The first-order chi connectivity index (χ1) is 66.9. The first-order valence-corrected chi connectivity index (χ1v) is 56.1. The minimum Gasteiger partial charge on any atom is -0.469 e. The van der Waals surface area contributed by atoms with E-state index < -0.39 is 42.7 Å². The highest BCUT2D eigenvalue weighted by molar-refractivity contribution is 7.93. The Balaban J connectivity index is 0.000000161. The van der Waals surface area contributed by atoms with Crippen LogP contribution >= 0.6 is 0 Å². The van der Waals surface area contributed by atoms with Crippen molar-refractivity contribution in [2.75, 3.05) is 32.5 Å². The average Bonchev–Trinajstić information content (AvgIpc) is 0.835. The van der Waals surface area contributed by atoms with Gasteiger partial charge in [-0.3, -0.25) is 23.8 Å². The molecule has 1 saturated carbocycles. The number of fused-ring (bicyclic) bond motifs is 5. The Hall–Kier alpha value is -10.2. The zero-order valence-electron chi connectivity index (χ0n) is 93.5. The lowest BCUT2D eigenvalue weighted by atomic mass is 9.62. The topological polar surface area (TPSA) is 189 Å². The van der Waals surface area contributed by atoms with Crippen molar-refractivity contribution in [3.05, 3.63) is 311 Å². The predicted octanol–water partition coefficient (Wildman–Crippen LogP) is 32.0. The Labute approximate surface area is 867 Å². The number of hydrogen-bond donors (Lipinski definition) is 5. The van der Waals surface area contributed by atoms with Crippen LogP contribution in [-0.2, 0) is 136 Å². The fourth-order valence-electron chi connectivity index (χ4n) is 23.0. The highest BCUT2D eigenvalue weighted by Crippen LogP contribution is 2.54. The van der Waals surface area contributed by atoms with Crippen LogP contribution in [0.25, 0.3) is 0 Å². The molecule has 13 nitrogen and oxygen atoms in total. The molecule has 10 aromatic rings. The molecule has 0 atom stereocenters. The number of benzene rings is 10. The number of anilines is 5. The number of ether oxygens (including phenoxy) is 1. The highest BCUT2D eigenvalue weighted by Gasteiger charge is 2.46. The lowest BCUT2D eigenvalue weighted by Gasteiger charge is -2.42. The molecule has 0 unspecified atom stereocenters. The molecule has 16 rings (SSSR count). The van der Waals surface area contributed by atoms with E-state index in [2.05, 4.69) is 293 Å². The minimum atomic E-state index is -3.76. The number of Topliss-reactive ketones (excluding diaryl/α,β-unsaturated/α-hetero) is 2. The summed E-state index contributed by atoms with van der Waals surface area (Å²) < 4.78 is 77.5. The molecule has 0 heterocycles. The highest BCUT2D eigenvalue weighted by atomic mass is 32.2. The molecule has 1 fully saturated rings. The molecule has 0 aromatic heterocycles. The second-order valence-corrected chi connectivity index (χ2v) is 53.3. The van der Waals surface area contributed by atoms with Crippen molar-refractivity contribution in [1.29, 1.82) is 0 Å². The minimum absolute atomic E-state index is 0.0307. The second kappa shape index (κ2) is 42.6. The van der Waals surface area contributed by atoms with E-state index in [1.807, 2.05) is 77.1 Å². The molecule has 6 aliphatic rings. The quantitative estimate of drug-likeness (QED) is 0.0325. The van der Waals surface area contributed by atoms with Crippen molar-refractivity contribution in [3.63, 3.8) is 0 Å². The first kappa shape index (κ1) is 113. The van der Waals surface area contributed by atoms with Gasteiger partial charge in [0.05, 0.1) is 34.2 Å². The smallest absolute Gasteiger partial charge is 0.310 e. The number of rotatable bonds is 26. The molecule has 776 valence electrons. The van der Waals surface area contributed by atoms with Gasteiger partial charge in [0.15, 0.2) is 0 Å². The van der Waals surface area contributed by atoms with Crippen molar-refractivity contribution < 1.29 is 40.3 Å². The van der Waals surface area contributed by atoms with Crippen LogP contribution in [0.5, 0.6) is 0 Å².